The van der Waals surface area contributed by atoms with E-state index in [1.54, 1.807) is 0 Å². The summed E-state index contributed by atoms with van der Waals surface area (Å²) in [5, 5.41) is 3.05. The molecule has 0 spiro atoms. The third kappa shape index (κ3) is 2.37. The van der Waals surface area contributed by atoms with Crippen LogP contribution >= 0.6 is 0 Å². The van der Waals surface area contributed by atoms with Gasteiger partial charge in [-0.05, 0) is 57.0 Å². The molecule has 3 unspecified atom stereocenters. The van der Waals surface area contributed by atoms with Crippen LogP contribution in [0.15, 0.2) is 0 Å². The van der Waals surface area contributed by atoms with Crippen molar-refractivity contribution in [3.8, 4) is 0 Å². The Bertz CT molecular complexity index is 376. The summed E-state index contributed by atoms with van der Waals surface area (Å²) in [5.41, 5.74) is 0. The highest BCUT2D eigenvalue weighted by Gasteiger charge is 2.42. The second-order valence-corrected chi connectivity index (χ2v) is 7.89. The minimum Gasteiger partial charge on any atom is -0.317 e. The second-order valence-electron chi connectivity index (χ2n) is 5.89. The largest absolute Gasteiger partial charge is 0.317 e. The van der Waals surface area contributed by atoms with E-state index < -0.39 is 10.0 Å². The Balaban J connectivity index is 1.63. The smallest absolute Gasteiger partial charge is 0.214 e. The van der Waals surface area contributed by atoms with Gasteiger partial charge in [-0.25, -0.2) is 13.1 Å². The van der Waals surface area contributed by atoms with Crippen molar-refractivity contribution >= 4 is 10.0 Å². The fraction of sp³-hybridized carbons (Fsp3) is 1.00. The van der Waals surface area contributed by atoms with E-state index in [9.17, 15) is 8.42 Å². The summed E-state index contributed by atoms with van der Waals surface area (Å²) in [6.45, 7) is 1.67. The van der Waals surface area contributed by atoms with E-state index in [1.165, 1.54) is 19.3 Å². The third-order valence-electron chi connectivity index (χ3n) is 4.78. The first-order valence-corrected chi connectivity index (χ1v) is 8.41. The molecule has 0 aromatic heterocycles. The van der Waals surface area contributed by atoms with Crippen LogP contribution in [0.25, 0.3) is 0 Å². The first-order valence-electron chi connectivity index (χ1n) is 6.87. The van der Waals surface area contributed by atoms with Gasteiger partial charge in [-0.3, -0.25) is 0 Å². The van der Waals surface area contributed by atoms with Crippen LogP contribution in [-0.2, 0) is 10.0 Å². The highest BCUT2D eigenvalue weighted by atomic mass is 32.2. The van der Waals surface area contributed by atoms with Crippen LogP contribution in [0.3, 0.4) is 0 Å². The summed E-state index contributed by atoms with van der Waals surface area (Å²) in [4.78, 5) is 0. The van der Waals surface area contributed by atoms with Gasteiger partial charge in [-0.1, -0.05) is 6.42 Å². The molecular formula is C12H22N2O2S. The van der Waals surface area contributed by atoms with Crippen molar-refractivity contribution in [2.75, 3.05) is 13.1 Å². The molecule has 1 saturated heterocycles. The van der Waals surface area contributed by atoms with Gasteiger partial charge in [0.05, 0.1) is 5.25 Å². The zero-order valence-electron chi connectivity index (χ0n) is 10.2. The molecule has 3 rings (SSSR count). The Labute approximate surface area is 104 Å². The predicted molar refractivity (Wildman–Crippen MR) is 67.2 cm³/mol. The summed E-state index contributed by atoms with van der Waals surface area (Å²) < 4.78 is 27.6. The van der Waals surface area contributed by atoms with Crippen molar-refractivity contribution in [2.45, 2.75) is 49.8 Å². The van der Waals surface area contributed by atoms with Gasteiger partial charge < -0.3 is 5.32 Å². The first-order chi connectivity index (χ1) is 8.15. The molecule has 3 aliphatic rings. The van der Waals surface area contributed by atoms with Gasteiger partial charge in [0, 0.05) is 6.04 Å². The Hall–Kier alpha value is -0.130. The molecule has 2 saturated carbocycles. The van der Waals surface area contributed by atoms with Crippen LogP contribution in [0.4, 0.5) is 0 Å². The fourth-order valence-electron chi connectivity index (χ4n) is 3.80. The lowest BCUT2D eigenvalue weighted by Gasteiger charge is -2.28. The molecule has 1 heterocycles. The summed E-state index contributed by atoms with van der Waals surface area (Å²) in [6.07, 6.45) is 6.39. The molecule has 5 heteroatoms. The SMILES string of the molecule is O=S(=O)(NC1CC2CCC1C2)C1CCNCC1. The highest BCUT2D eigenvalue weighted by Crippen LogP contribution is 2.44. The van der Waals surface area contributed by atoms with Gasteiger partial charge in [-0.2, -0.15) is 0 Å². The van der Waals surface area contributed by atoms with E-state index in [0.717, 1.165) is 38.3 Å². The Morgan fingerprint density at radius 2 is 1.76 bits per heavy atom. The maximum atomic E-state index is 12.3. The molecule has 3 fully saturated rings. The van der Waals surface area contributed by atoms with Crippen molar-refractivity contribution in [2.24, 2.45) is 11.8 Å². The molecule has 0 aromatic carbocycles. The minimum absolute atomic E-state index is 0.164. The summed E-state index contributed by atoms with van der Waals surface area (Å²) in [5.74, 6) is 1.41. The van der Waals surface area contributed by atoms with Crippen LogP contribution in [0, 0.1) is 11.8 Å². The van der Waals surface area contributed by atoms with E-state index in [2.05, 4.69) is 10.0 Å². The molecule has 2 aliphatic carbocycles. The highest BCUT2D eigenvalue weighted by molar-refractivity contribution is 7.90. The zero-order chi connectivity index (χ0) is 11.9. The molecular weight excluding hydrogens is 236 g/mol. The summed E-state index contributed by atoms with van der Waals surface area (Å²) >= 11 is 0. The maximum Gasteiger partial charge on any atom is 0.214 e. The van der Waals surface area contributed by atoms with Crippen molar-refractivity contribution < 1.29 is 8.42 Å². The topological polar surface area (TPSA) is 58.2 Å². The zero-order valence-corrected chi connectivity index (χ0v) is 11.0. The van der Waals surface area contributed by atoms with Crippen LogP contribution in [0.1, 0.15) is 38.5 Å². The quantitative estimate of drug-likeness (QED) is 0.789. The van der Waals surface area contributed by atoms with Crippen molar-refractivity contribution in [1.29, 1.82) is 0 Å². The monoisotopic (exact) mass is 258 g/mol. The number of rotatable bonds is 3. The maximum absolute atomic E-state index is 12.3. The Morgan fingerprint density at radius 3 is 2.35 bits per heavy atom. The standard InChI is InChI=1S/C12H22N2O2S/c15-17(16,11-3-5-13-6-4-11)14-12-8-9-1-2-10(12)7-9/h9-14H,1-8H2. The lowest BCUT2D eigenvalue weighted by molar-refractivity contribution is 0.385. The average Bonchev–Trinajstić information content (AvgIpc) is 2.91. The molecule has 0 radical (unpaired) electrons. The van der Waals surface area contributed by atoms with Gasteiger partial charge >= 0.3 is 0 Å². The van der Waals surface area contributed by atoms with Gasteiger partial charge in [0.1, 0.15) is 0 Å². The number of hydrogen-bond acceptors (Lipinski definition) is 3. The first kappa shape index (κ1) is 11.9. The number of sulfonamides is 1. The van der Waals surface area contributed by atoms with Crippen LogP contribution in [0.5, 0.6) is 0 Å². The van der Waals surface area contributed by atoms with Gasteiger partial charge in [0.2, 0.25) is 10.0 Å². The normalized spacial score (nSPS) is 38.7. The fourth-order valence-corrected chi connectivity index (χ4v) is 5.56. The Kier molecular flexibility index (Phi) is 3.17. The van der Waals surface area contributed by atoms with Crippen molar-refractivity contribution in [3.05, 3.63) is 0 Å². The van der Waals surface area contributed by atoms with Crippen molar-refractivity contribution in [1.82, 2.24) is 10.0 Å². The summed E-state index contributed by atoms with van der Waals surface area (Å²) in [6, 6.07) is 0.244. The van der Waals surface area contributed by atoms with Gasteiger partial charge in [0.25, 0.3) is 0 Å². The van der Waals surface area contributed by atoms with Gasteiger partial charge in [-0.15, -0.1) is 0 Å². The van der Waals surface area contributed by atoms with E-state index in [4.69, 9.17) is 0 Å². The molecule has 3 atom stereocenters. The Morgan fingerprint density at radius 1 is 1.00 bits per heavy atom. The van der Waals surface area contributed by atoms with E-state index in [0.29, 0.717) is 5.92 Å². The molecule has 98 valence electrons. The predicted octanol–water partition coefficient (Wildman–Crippen LogP) is 0.846. The third-order valence-corrected chi connectivity index (χ3v) is 6.76. The number of hydrogen-bond donors (Lipinski definition) is 2. The number of nitrogens with one attached hydrogen (secondary N) is 2. The molecule has 0 aromatic rings. The van der Waals surface area contributed by atoms with E-state index in [1.807, 2.05) is 0 Å². The lowest BCUT2D eigenvalue weighted by Crippen LogP contribution is -2.46. The molecule has 1 aliphatic heterocycles. The van der Waals surface area contributed by atoms with Crippen LogP contribution in [0.2, 0.25) is 0 Å². The molecule has 4 nitrogen and oxygen atoms in total. The molecule has 2 N–H and O–H groups in total. The van der Waals surface area contributed by atoms with E-state index in [-0.39, 0.29) is 11.3 Å². The van der Waals surface area contributed by atoms with Crippen LogP contribution in [-0.4, -0.2) is 32.8 Å². The van der Waals surface area contributed by atoms with E-state index >= 15 is 0 Å². The number of piperidine rings is 1. The lowest BCUT2D eigenvalue weighted by atomic mass is 9.96. The minimum atomic E-state index is -3.08. The average molecular weight is 258 g/mol. The van der Waals surface area contributed by atoms with Crippen LogP contribution < -0.4 is 10.0 Å². The molecule has 0 amide bonds. The second kappa shape index (κ2) is 4.52. The van der Waals surface area contributed by atoms with Crippen molar-refractivity contribution in [3.63, 3.8) is 0 Å². The molecule has 17 heavy (non-hydrogen) atoms. The summed E-state index contributed by atoms with van der Waals surface area (Å²) in [7, 11) is -3.08. The number of fused-ring (bicyclic) bond motifs is 2. The molecule has 2 bridgehead atoms. The van der Waals surface area contributed by atoms with Gasteiger partial charge in [0.15, 0.2) is 0 Å².